The standard InChI is InChI=1S/C33H30N4O7S/c38-26-15-9-22(10-16-26)20-27(34-32(40)25-13-11-24(12-14-25)23-6-2-1-3-7-23)33(41)35-19-17-28-31(35)29(39)21-37(28)45(43,44)30-8-4-5-18-36(30)42/h1-16,18,27-28,31,38H,17,19-21H2,(H,34,40). The van der Waals surface area contributed by atoms with E-state index in [1.54, 1.807) is 24.3 Å². The molecule has 2 N–H and O–H groups in total. The van der Waals surface area contributed by atoms with Gasteiger partial charge < -0.3 is 20.5 Å². The predicted octanol–water partition coefficient (Wildman–Crippen LogP) is 2.28. The molecule has 0 bridgehead atoms. The summed E-state index contributed by atoms with van der Waals surface area (Å²) in [6.07, 6.45) is 1.32. The number of pyridine rings is 1. The van der Waals surface area contributed by atoms with Crippen LogP contribution in [0.4, 0.5) is 0 Å². The van der Waals surface area contributed by atoms with E-state index >= 15 is 0 Å². The molecular formula is C33H30N4O7S. The van der Waals surface area contributed by atoms with Crippen molar-refractivity contribution in [3.63, 3.8) is 0 Å². The summed E-state index contributed by atoms with van der Waals surface area (Å²) in [4.78, 5) is 42.1. The molecule has 3 atom stereocenters. The maximum absolute atomic E-state index is 14.1. The molecule has 0 aliphatic carbocycles. The van der Waals surface area contributed by atoms with E-state index in [-0.39, 0.29) is 29.9 Å². The Bertz CT molecular complexity index is 1850. The molecule has 0 radical (unpaired) electrons. The Morgan fingerprint density at radius 3 is 2.29 bits per heavy atom. The Hall–Kier alpha value is -5.07. The number of phenols is 1. The van der Waals surface area contributed by atoms with Gasteiger partial charge in [0.15, 0.2) is 12.0 Å². The van der Waals surface area contributed by atoms with Crippen LogP contribution in [-0.4, -0.2) is 71.5 Å². The summed E-state index contributed by atoms with van der Waals surface area (Å²) in [5.74, 6) is -1.44. The third-order valence-electron chi connectivity index (χ3n) is 8.26. The number of aromatic nitrogens is 1. The lowest BCUT2D eigenvalue weighted by atomic mass is 10.0. The number of carbonyl (C=O) groups is 3. The number of likely N-dealkylation sites (tertiary alicyclic amines) is 1. The number of nitrogens with one attached hydrogen (secondary N) is 1. The average Bonchev–Trinajstić information content (AvgIpc) is 3.63. The summed E-state index contributed by atoms with van der Waals surface area (Å²) in [6, 6.07) is 23.9. The number of Topliss-reactive ketones (excluding diaryl/α,β-unsaturated/α-hetero) is 1. The first-order chi connectivity index (χ1) is 21.6. The fraction of sp³-hybridized carbons (Fsp3) is 0.212. The number of ketones is 1. The first kappa shape index (κ1) is 30.0. The lowest BCUT2D eigenvalue weighted by Gasteiger charge is -2.28. The third-order valence-corrected chi connectivity index (χ3v) is 10.1. The summed E-state index contributed by atoms with van der Waals surface area (Å²) in [5.41, 5.74) is 2.90. The van der Waals surface area contributed by atoms with E-state index in [1.807, 2.05) is 42.5 Å². The number of hydrogen-bond donors (Lipinski definition) is 2. The molecule has 2 aliphatic rings. The Kier molecular flexibility index (Phi) is 8.09. The summed E-state index contributed by atoms with van der Waals surface area (Å²) in [5, 5.41) is 24.3. The number of hydrogen-bond acceptors (Lipinski definition) is 7. The van der Waals surface area contributed by atoms with Gasteiger partial charge in [0, 0.05) is 30.7 Å². The van der Waals surface area contributed by atoms with Gasteiger partial charge in [0.1, 0.15) is 17.8 Å². The van der Waals surface area contributed by atoms with Crippen molar-refractivity contribution in [3.8, 4) is 16.9 Å². The number of aromatic hydroxyl groups is 1. The van der Waals surface area contributed by atoms with Crippen LogP contribution in [0.3, 0.4) is 0 Å². The Morgan fingerprint density at radius 1 is 0.933 bits per heavy atom. The fourth-order valence-electron chi connectivity index (χ4n) is 6.03. The highest BCUT2D eigenvalue weighted by molar-refractivity contribution is 7.89. The zero-order chi connectivity index (χ0) is 31.7. The van der Waals surface area contributed by atoms with E-state index < -0.39 is 57.3 Å². The number of sulfonamides is 1. The normalized spacial score (nSPS) is 18.8. The summed E-state index contributed by atoms with van der Waals surface area (Å²) >= 11 is 0. The van der Waals surface area contributed by atoms with Crippen LogP contribution in [0.5, 0.6) is 5.75 Å². The largest absolute Gasteiger partial charge is 0.618 e. The third kappa shape index (κ3) is 5.89. The number of fused-ring (bicyclic) bond motifs is 1. The minimum atomic E-state index is -4.33. The van der Waals surface area contributed by atoms with Crippen molar-refractivity contribution in [1.29, 1.82) is 0 Å². The molecule has 4 aromatic rings. The van der Waals surface area contributed by atoms with Crippen LogP contribution in [0.25, 0.3) is 11.1 Å². The van der Waals surface area contributed by atoms with E-state index in [9.17, 15) is 33.1 Å². The number of carbonyl (C=O) groups excluding carboxylic acids is 3. The molecule has 2 amide bonds. The molecule has 45 heavy (non-hydrogen) atoms. The lowest BCUT2D eigenvalue weighted by molar-refractivity contribution is -0.646. The van der Waals surface area contributed by atoms with Crippen molar-refractivity contribution in [2.24, 2.45) is 0 Å². The van der Waals surface area contributed by atoms with E-state index in [0.29, 0.717) is 11.1 Å². The second-order valence-electron chi connectivity index (χ2n) is 11.1. The highest BCUT2D eigenvalue weighted by atomic mass is 32.2. The van der Waals surface area contributed by atoms with E-state index in [4.69, 9.17) is 0 Å². The van der Waals surface area contributed by atoms with Crippen LogP contribution in [-0.2, 0) is 26.0 Å². The topological polar surface area (TPSA) is 151 Å². The second-order valence-corrected chi connectivity index (χ2v) is 12.9. The molecule has 0 spiro atoms. The molecule has 3 unspecified atom stereocenters. The number of nitrogens with zero attached hydrogens (tertiary/aromatic N) is 3. The molecule has 0 saturated carbocycles. The second kappa shape index (κ2) is 12.1. The molecule has 11 nitrogen and oxygen atoms in total. The maximum atomic E-state index is 14.1. The fourth-order valence-corrected chi connectivity index (χ4v) is 7.68. The number of benzene rings is 3. The zero-order valence-electron chi connectivity index (χ0n) is 24.0. The molecule has 2 saturated heterocycles. The first-order valence-electron chi connectivity index (χ1n) is 14.4. The van der Waals surface area contributed by atoms with Gasteiger partial charge in [0.25, 0.3) is 5.91 Å². The quantitative estimate of drug-likeness (QED) is 0.225. The zero-order valence-corrected chi connectivity index (χ0v) is 24.8. The summed E-state index contributed by atoms with van der Waals surface area (Å²) < 4.78 is 28.1. The van der Waals surface area contributed by atoms with Crippen molar-refractivity contribution < 1.29 is 32.6 Å². The number of rotatable bonds is 8. The lowest BCUT2D eigenvalue weighted by Crippen LogP contribution is -2.53. The first-order valence-corrected chi connectivity index (χ1v) is 15.8. The van der Waals surface area contributed by atoms with Gasteiger partial charge in [-0.2, -0.15) is 9.04 Å². The Balaban J connectivity index is 1.24. The van der Waals surface area contributed by atoms with Crippen molar-refractivity contribution in [1.82, 2.24) is 14.5 Å². The van der Waals surface area contributed by atoms with Gasteiger partial charge in [-0.3, -0.25) is 14.4 Å². The van der Waals surface area contributed by atoms with Gasteiger partial charge in [-0.15, -0.1) is 0 Å². The molecule has 2 aliphatic heterocycles. The molecule has 12 heteroatoms. The molecular weight excluding hydrogens is 596 g/mol. The highest BCUT2D eigenvalue weighted by Gasteiger charge is 2.55. The Labute approximate surface area is 260 Å². The average molecular weight is 627 g/mol. The van der Waals surface area contributed by atoms with Crippen molar-refractivity contribution in [2.75, 3.05) is 13.1 Å². The number of amides is 2. The molecule has 3 aromatic carbocycles. The Morgan fingerprint density at radius 2 is 1.60 bits per heavy atom. The van der Waals surface area contributed by atoms with Crippen LogP contribution < -0.4 is 10.0 Å². The van der Waals surface area contributed by atoms with Gasteiger partial charge in [0.2, 0.25) is 5.91 Å². The van der Waals surface area contributed by atoms with E-state index in [2.05, 4.69) is 5.32 Å². The van der Waals surface area contributed by atoms with Crippen molar-refractivity contribution in [3.05, 3.63) is 120 Å². The number of phenolic OH excluding ortho intramolecular Hbond substituents is 1. The minimum Gasteiger partial charge on any atom is -0.618 e. The van der Waals surface area contributed by atoms with Crippen LogP contribution in [0.15, 0.2) is 108 Å². The summed E-state index contributed by atoms with van der Waals surface area (Å²) in [7, 11) is -4.33. The van der Waals surface area contributed by atoms with Gasteiger partial charge in [0.05, 0.1) is 12.6 Å². The monoisotopic (exact) mass is 626 g/mol. The van der Waals surface area contributed by atoms with Gasteiger partial charge in [-0.25, -0.2) is 8.42 Å². The van der Waals surface area contributed by atoms with Crippen LogP contribution in [0, 0.1) is 5.21 Å². The molecule has 6 rings (SSSR count). The van der Waals surface area contributed by atoms with Crippen molar-refractivity contribution >= 4 is 27.6 Å². The molecule has 230 valence electrons. The van der Waals surface area contributed by atoms with Crippen LogP contribution in [0.2, 0.25) is 0 Å². The van der Waals surface area contributed by atoms with E-state index in [0.717, 1.165) is 21.6 Å². The maximum Gasteiger partial charge on any atom is 0.323 e. The van der Waals surface area contributed by atoms with Crippen molar-refractivity contribution in [2.45, 2.75) is 36.0 Å². The van der Waals surface area contributed by atoms with Gasteiger partial charge in [-0.05, 0) is 53.4 Å². The SMILES string of the molecule is O=C(NC(Cc1ccc(O)cc1)C(=O)N1CCC2C1C(=O)CN2S(=O)(=O)c1cccc[n+]1[O-])c1ccc(-c2ccccc2)cc1. The van der Waals surface area contributed by atoms with E-state index in [1.165, 1.54) is 35.2 Å². The summed E-state index contributed by atoms with van der Waals surface area (Å²) in [6.45, 7) is -0.384. The smallest absolute Gasteiger partial charge is 0.323 e. The molecule has 2 fully saturated rings. The molecule has 1 aromatic heterocycles. The van der Waals surface area contributed by atoms with Crippen LogP contribution >= 0.6 is 0 Å². The van der Waals surface area contributed by atoms with Gasteiger partial charge >= 0.3 is 15.0 Å². The van der Waals surface area contributed by atoms with Gasteiger partial charge in [-0.1, -0.05) is 54.6 Å². The van der Waals surface area contributed by atoms with Crippen LogP contribution in [0.1, 0.15) is 22.3 Å². The minimum absolute atomic E-state index is 0.0437. The predicted molar refractivity (Wildman–Crippen MR) is 163 cm³/mol. The molecule has 3 heterocycles. The highest BCUT2D eigenvalue weighted by Crippen LogP contribution is 2.34.